The van der Waals surface area contributed by atoms with Gasteiger partial charge in [0.25, 0.3) is 0 Å². The molecule has 0 unspecified atom stereocenters. The molecule has 15 heavy (non-hydrogen) atoms. The smallest absolute Gasteiger partial charge is 0.220 e. The minimum absolute atomic E-state index is 0.0141. The molecule has 3 nitrogen and oxygen atoms in total. The zero-order chi connectivity index (χ0) is 11.1. The van der Waals surface area contributed by atoms with E-state index in [-0.39, 0.29) is 5.91 Å². The van der Waals surface area contributed by atoms with Crippen LogP contribution in [-0.2, 0) is 11.2 Å². The molecule has 2 N–H and O–H groups in total. The summed E-state index contributed by atoms with van der Waals surface area (Å²) in [5, 5.41) is 11.6. The van der Waals surface area contributed by atoms with Gasteiger partial charge in [-0.2, -0.15) is 0 Å². The fourth-order valence-electron chi connectivity index (χ4n) is 1.25. The number of rotatable bonds is 5. The van der Waals surface area contributed by atoms with E-state index < -0.39 is 6.10 Å². The summed E-state index contributed by atoms with van der Waals surface area (Å²) in [6, 6.07) is 9.88. The highest BCUT2D eigenvalue weighted by atomic mass is 16.3. The molecule has 0 heterocycles. The number of benzene rings is 1. The van der Waals surface area contributed by atoms with E-state index in [0.29, 0.717) is 13.0 Å². The van der Waals surface area contributed by atoms with Gasteiger partial charge in [0.1, 0.15) is 0 Å². The van der Waals surface area contributed by atoms with Crippen LogP contribution in [-0.4, -0.2) is 23.7 Å². The van der Waals surface area contributed by atoms with Crippen molar-refractivity contribution in [2.45, 2.75) is 25.9 Å². The number of amides is 1. The Morgan fingerprint density at radius 3 is 2.67 bits per heavy atom. The van der Waals surface area contributed by atoms with Crippen molar-refractivity contribution in [2.24, 2.45) is 0 Å². The highest BCUT2D eigenvalue weighted by molar-refractivity contribution is 5.76. The van der Waals surface area contributed by atoms with E-state index in [4.69, 9.17) is 5.11 Å². The summed E-state index contributed by atoms with van der Waals surface area (Å²) >= 11 is 0. The molecule has 1 rings (SSSR count). The lowest BCUT2D eigenvalue weighted by molar-refractivity contribution is -0.121. The topological polar surface area (TPSA) is 49.3 Å². The molecular formula is C12H17NO2. The first kappa shape index (κ1) is 11.7. The molecule has 0 fully saturated rings. The van der Waals surface area contributed by atoms with Crippen LogP contribution in [0.15, 0.2) is 30.3 Å². The molecule has 0 saturated carbocycles. The molecule has 0 spiro atoms. The van der Waals surface area contributed by atoms with Gasteiger partial charge in [-0.25, -0.2) is 0 Å². The second-order valence-electron chi connectivity index (χ2n) is 3.64. The Morgan fingerprint density at radius 2 is 2.07 bits per heavy atom. The zero-order valence-electron chi connectivity index (χ0n) is 8.94. The van der Waals surface area contributed by atoms with E-state index in [1.807, 2.05) is 30.3 Å². The van der Waals surface area contributed by atoms with Crippen molar-refractivity contribution in [2.75, 3.05) is 6.54 Å². The second kappa shape index (κ2) is 6.19. The lowest BCUT2D eigenvalue weighted by Gasteiger charge is -2.06. The van der Waals surface area contributed by atoms with Crippen LogP contribution in [0.4, 0.5) is 0 Å². The van der Waals surface area contributed by atoms with Crippen LogP contribution >= 0.6 is 0 Å². The summed E-state index contributed by atoms with van der Waals surface area (Å²) in [5.74, 6) is -0.0141. The van der Waals surface area contributed by atoms with Gasteiger partial charge < -0.3 is 10.4 Å². The monoisotopic (exact) mass is 207 g/mol. The van der Waals surface area contributed by atoms with E-state index in [9.17, 15) is 4.79 Å². The van der Waals surface area contributed by atoms with Gasteiger partial charge >= 0.3 is 0 Å². The molecule has 82 valence electrons. The van der Waals surface area contributed by atoms with Crippen LogP contribution in [0.25, 0.3) is 0 Å². The van der Waals surface area contributed by atoms with Gasteiger partial charge in [0.15, 0.2) is 0 Å². The summed E-state index contributed by atoms with van der Waals surface area (Å²) in [7, 11) is 0. The molecule has 0 aliphatic rings. The molecule has 0 saturated heterocycles. The first-order chi connectivity index (χ1) is 7.18. The van der Waals surface area contributed by atoms with Gasteiger partial charge in [0.05, 0.1) is 6.10 Å². The van der Waals surface area contributed by atoms with E-state index in [0.717, 1.165) is 12.0 Å². The highest BCUT2D eigenvalue weighted by Gasteiger charge is 2.02. The van der Waals surface area contributed by atoms with E-state index >= 15 is 0 Å². The number of aliphatic hydroxyl groups is 1. The number of aliphatic hydroxyl groups excluding tert-OH is 1. The van der Waals surface area contributed by atoms with Crippen LogP contribution in [0.5, 0.6) is 0 Å². The average molecular weight is 207 g/mol. The van der Waals surface area contributed by atoms with Crippen molar-refractivity contribution in [1.29, 1.82) is 0 Å². The number of carbonyl (C=O) groups is 1. The Labute approximate surface area is 90.1 Å². The molecule has 0 aromatic heterocycles. The number of aryl methyl sites for hydroxylation is 1. The Balaban J connectivity index is 2.23. The number of hydrogen-bond acceptors (Lipinski definition) is 2. The molecule has 0 radical (unpaired) electrons. The first-order valence-corrected chi connectivity index (χ1v) is 5.17. The molecule has 0 aliphatic carbocycles. The summed E-state index contributed by atoms with van der Waals surface area (Å²) in [5.41, 5.74) is 1.16. The van der Waals surface area contributed by atoms with Crippen LogP contribution in [0, 0.1) is 0 Å². The normalized spacial score (nSPS) is 12.1. The highest BCUT2D eigenvalue weighted by Crippen LogP contribution is 2.01. The number of nitrogens with one attached hydrogen (secondary N) is 1. The summed E-state index contributed by atoms with van der Waals surface area (Å²) in [6.07, 6.45) is 0.731. The zero-order valence-corrected chi connectivity index (χ0v) is 8.94. The van der Waals surface area contributed by atoms with Crippen molar-refractivity contribution in [3.8, 4) is 0 Å². The lowest BCUT2D eigenvalue weighted by Crippen LogP contribution is -2.30. The van der Waals surface area contributed by atoms with Gasteiger partial charge in [-0.05, 0) is 18.9 Å². The van der Waals surface area contributed by atoms with Gasteiger partial charge in [0.2, 0.25) is 5.91 Å². The maximum absolute atomic E-state index is 11.3. The number of hydrogen-bond donors (Lipinski definition) is 2. The molecule has 0 aliphatic heterocycles. The third-order valence-corrected chi connectivity index (χ3v) is 2.08. The predicted octanol–water partition coefficient (Wildman–Crippen LogP) is 1.12. The maximum atomic E-state index is 11.3. The number of carbonyl (C=O) groups excluding carboxylic acids is 1. The third kappa shape index (κ3) is 5.18. The summed E-state index contributed by atoms with van der Waals surface area (Å²) < 4.78 is 0. The van der Waals surface area contributed by atoms with Gasteiger partial charge in [-0.3, -0.25) is 4.79 Å². The fraction of sp³-hybridized carbons (Fsp3) is 0.417. The van der Waals surface area contributed by atoms with E-state index in [1.54, 1.807) is 6.92 Å². The SMILES string of the molecule is C[C@H](O)CNC(=O)CCc1ccccc1. The molecule has 1 aromatic carbocycles. The van der Waals surface area contributed by atoms with Crippen molar-refractivity contribution < 1.29 is 9.90 Å². The Morgan fingerprint density at radius 1 is 1.40 bits per heavy atom. The van der Waals surface area contributed by atoms with E-state index in [2.05, 4.69) is 5.32 Å². The minimum atomic E-state index is -0.481. The Hall–Kier alpha value is -1.35. The van der Waals surface area contributed by atoms with Crippen molar-refractivity contribution in [3.05, 3.63) is 35.9 Å². The molecular weight excluding hydrogens is 190 g/mol. The predicted molar refractivity (Wildman–Crippen MR) is 59.5 cm³/mol. The third-order valence-electron chi connectivity index (χ3n) is 2.08. The molecule has 1 aromatic rings. The summed E-state index contributed by atoms with van der Waals surface area (Å²) in [4.78, 5) is 11.3. The van der Waals surface area contributed by atoms with Crippen molar-refractivity contribution >= 4 is 5.91 Å². The van der Waals surface area contributed by atoms with Gasteiger partial charge in [-0.1, -0.05) is 30.3 Å². The molecule has 1 atom stereocenters. The van der Waals surface area contributed by atoms with Crippen LogP contribution in [0.2, 0.25) is 0 Å². The molecule has 3 heteroatoms. The second-order valence-corrected chi connectivity index (χ2v) is 3.64. The van der Waals surface area contributed by atoms with Gasteiger partial charge in [-0.15, -0.1) is 0 Å². The largest absolute Gasteiger partial charge is 0.392 e. The van der Waals surface area contributed by atoms with E-state index in [1.165, 1.54) is 0 Å². The Kier molecular flexibility index (Phi) is 4.84. The van der Waals surface area contributed by atoms with Crippen LogP contribution in [0.3, 0.4) is 0 Å². The lowest BCUT2D eigenvalue weighted by atomic mass is 10.1. The van der Waals surface area contributed by atoms with Crippen molar-refractivity contribution in [3.63, 3.8) is 0 Å². The first-order valence-electron chi connectivity index (χ1n) is 5.17. The maximum Gasteiger partial charge on any atom is 0.220 e. The van der Waals surface area contributed by atoms with Crippen molar-refractivity contribution in [1.82, 2.24) is 5.32 Å². The van der Waals surface area contributed by atoms with Gasteiger partial charge in [0, 0.05) is 13.0 Å². The molecule has 0 bridgehead atoms. The quantitative estimate of drug-likeness (QED) is 0.760. The summed E-state index contributed by atoms with van der Waals surface area (Å²) in [6.45, 7) is 1.98. The van der Waals surface area contributed by atoms with Crippen LogP contribution in [0.1, 0.15) is 18.9 Å². The van der Waals surface area contributed by atoms with Crippen LogP contribution < -0.4 is 5.32 Å². The fourth-order valence-corrected chi connectivity index (χ4v) is 1.25. The molecule has 1 amide bonds. The minimum Gasteiger partial charge on any atom is -0.392 e. The standard InChI is InChI=1S/C12H17NO2/c1-10(14)9-13-12(15)8-7-11-5-3-2-4-6-11/h2-6,10,14H,7-9H2,1H3,(H,13,15)/t10-/m0/s1. The Bertz CT molecular complexity index is 296. The average Bonchev–Trinajstić information content (AvgIpc) is 2.25.